The first-order valence-corrected chi connectivity index (χ1v) is 12.9. The Morgan fingerprint density at radius 3 is 2.54 bits per heavy atom. The van der Waals surface area contributed by atoms with Crippen LogP contribution in [0.15, 0.2) is 24.5 Å². The SMILES string of the molecule is Cc1c(C(=O)O)sc2ncnc(Nc3ccc(F)cc3O[C@H]3CC[C@H](N(C)C(=O)OC(C)(C)C)CC3)c12. The molecular weight excluding hydrogens is 499 g/mol. The van der Waals surface area contributed by atoms with E-state index in [9.17, 15) is 19.1 Å². The van der Waals surface area contributed by atoms with Gasteiger partial charge in [0.05, 0.1) is 17.2 Å². The lowest BCUT2D eigenvalue weighted by atomic mass is 9.92. The van der Waals surface area contributed by atoms with Gasteiger partial charge in [0.1, 0.15) is 39.0 Å². The van der Waals surface area contributed by atoms with Crippen LogP contribution in [0, 0.1) is 12.7 Å². The molecule has 2 N–H and O–H groups in total. The third kappa shape index (κ3) is 6.10. The Balaban J connectivity index is 1.48. The molecule has 0 aliphatic heterocycles. The highest BCUT2D eigenvalue weighted by Gasteiger charge is 2.30. The van der Waals surface area contributed by atoms with Crippen LogP contribution in [0.3, 0.4) is 0 Å². The molecule has 0 radical (unpaired) electrons. The summed E-state index contributed by atoms with van der Waals surface area (Å²) in [6.45, 7) is 7.23. The smallest absolute Gasteiger partial charge is 0.410 e. The van der Waals surface area contributed by atoms with Crippen LogP contribution in [0.4, 0.5) is 20.7 Å². The molecule has 1 amide bonds. The van der Waals surface area contributed by atoms with Crippen LogP contribution in [0.25, 0.3) is 10.2 Å². The zero-order valence-corrected chi connectivity index (χ0v) is 22.3. The zero-order chi connectivity index (χ0) is 26.9. The quantitative estimate of drug-likeness (QED) is 0.391. The molecule has 1 fully saturated rings. The summed E-state index contributed by atoms with van der Waals surface area (Å²) >= 11 is 1.08. The number of anilines is 2. The summed E-state index contributed by atoms with van der Waals surface area (Å²) in [6.07, 6.45) is 3.71. The number of aryl methyl sites for hydroxylation is 1. The van der Waals surface area contributed by atoms with E-state index in [1.54, 1.807) is 24.9 Å². The second-order valence-corrected chi connectivity index (χ2v) is 11.2. The number of aromatic nitrogens is 2. The number of amides is 1. The lowest BCUT2D eigenvalue weighted by Crippen LogP contribution is -2.43. The van der Waals surface area contributed by atoms with Crippen LogP contribution >= 0.6 is 11.3 Å². The number of hydrogen-bond acceptors (Lipinski definition) is 8. The Morgan fingerprint density at radius 1 is 1.19 bits per heavy atom. The van der Waals surface area contributed by atoms with Crippen molar-refractivity contribution in [2.24, 2.45) is 0 Å². The predicted octanol–water partition coefficient (Wildman–Crippen LogP) is 6.14. The number of fused-ring (bicyclic) bond motifs is 1. The molecule has 1 saturated carbocycles. The minimum Gasteiger partial charge on any atom is -0.488 e. The normalized spacial score (nSPS) is 17.9. The number of carbonyl (C=O) groups excluding carboxylic acids is 1. The first-order chi connectivity index (χ1) is 17.4. The van der Waals surface area contributed by atoms with E-state index in [0.29, 0.717) is 45.9 Å². The third-order valence-electron chi connectivity index (χ3n) is 6.28. The number of aromatic carboxylic acids is 1. The molecule has 2 heterocycles. The van der Waals surface area contributed by atoms with Gasteiger partial charge in [-0.2, -0.15) is 0 Å². The maximum absolute atomic E-state index is 14.2. The molecule has 4 rings (SSSR count). The number of halogens is 1. The molecule has 0 unspecified atom stereocenters. The lowest BCUT2D eigenvalue weighted by Gasteiger charge is -2.35. The number of benzene rings is 1. The van der Waals surface area contributed by atoms with Gasteiger partial charge in [0, 0.05) is 19.2 Å². The van der Waals surface area contributed by atoms with Crippen molar-refractivity contribution >= 4 is 45.1 Å². The average molecular weight is 531 g/mol. The van der Waals surface area contributed by atoms with E-state index in [1.807, 2.05) is 20.8 Å². The molecule has 0 saturated heterocycles. The van der Waals surface area contributed by atoms with Gasteiger partial charge in [-0.3, -0.25) is 0 Å². The van der Waals surface area contributed by atoms with E-state index >= 15 is 0 Å². The summed E-state index contributed by atoms with van der Waals surface area (Å²) in [6, 6.07) is 4.26. The van der Waals surface area contributed by atoms with Crippen LogP contribution in [0.1, 0.15) is 61.7 Å². The minimum atomic E-state index is -1.02. The number of nitrogens with one attached hydrogen (secondary N) is 1. The Morgan fingerprint density at radius 2 is 1.89 bits per heavy atom. The number of hydrogen-bond donors (Lipinski definition) is 2. The number of carboxylic acids is 1. The van der Waals surface area contributed by atoms with Gasteiger partial charge >= 0.3 is 12.1 Å². The van der Waals surface area contributed by atoms with E-state index in [4.69, 9.17) is 9.47 Å². The van der Waals surface area contributed by atoms with Crippen molar-refractivity contribution in [1.82, 2.24) is 14.9 Å². The van der Waals surface area contributed by atoms with E-state index in [-0.39, 0.29) is 23.1 Å². The van der Waals surface area contributed by atoms with Gasteiger partial charge in [0.2, 0.25) is 0 Å². The van der Waals surface area contributed by atoms with Gasteiger partial charge in [0.15, 0.2) is 0 Å². The number of thiophene rings is 1. The summed E-state index contributed by atoms with van der Waals surface area (Å²) in [5.41, 5.74) is 0.516. The monoisotopic (exact) mass is 530 g/mol. The number of nitrogens with zero attached hydrogens (tertiary/aromatic N) is 3. The zero-order valence-electron chi connectivity index (χ0n) is 21.5. The van der Waals surface area contributed by atoms with Crippen LogP contribution in [-0.4, -0.2) is 56.8 Å². The fraction of sp³-hybridized carbons (Fsp3) is 0.462. The molecular formula is C26H31FN4O5S. The number of carbonyl (C=O) groups is 2. The maximum Gasteiger partial charge on any atom is 0.410 e. The molecule has 198 valence electrons. The summed E-state index contributed by atoms with van der Waals surface area (Å²) in [5, 5.41) is 13.3. The largest absolute Gasteiger partial charge is 0.488 e. The van der Waals surface area contributed by atoms with Gasteiger partial charge in [-0.05, 0) is 71.1 Å². The van der Waals surface area contributed by atoms with Gasteiger partial charge in [-0.1, -0.05) is 0 Å². The molecule has 3 aromatic rings. The highest BCUT2D eigenvalue weighted by Crippen LogP contribution is 2.37. The standard InChI is InChI=1S/C26H31FN4O5S/c1-14-20-22(28-13-29-23(20)37-21(14)24(32)33)30-18-11-6-15(27)12-19(18)35-17-9-7-16(8-10-17)31(5)25(34)36-26(2,3)4/h6,11-13,16-17H,7-10H2,1-5H3,(H,32,33)(H,28,29,30)/t16-,17-. The van der Waals surface area contributed by atoms with Crippen molar-refractivity contribution < 1.29 is 28.6 Å². The van der Waals surface area contributed by atoms with Gasteiger partial charge in [0.25, 0.3) is 0 Å². The van der Waals surface area contributed by atoms with E-state index in [2.05, 4.69) is 15.3 Å². The molecule has 1 aliphatic rings. The van der Waals surface area contributed by atoms with Crippen LogP contribution in [0.5, 0.6) is 5.75 Å². The fourth-order valence-electron chi connectivity index (χ4n) is 4.41. The maximum atomic E-state index is 14.2. The van der Waals surface area contributed by atoms with E-state index in [0.717, 1.165) is 24.2 Å². The number of ether oxygens (including phenoxy) is 2. The molecule has 0 bridgehead atoms. The highest BCUT2D eigenvalue weighted by atomic mass is 32.1. The van der Waals surface area contributed by atoms with E-state index < -0.39 is 17.4 Å². The Bertz CT molecular complexity index is 1310. The van der Waals surface area contributed by atoms with Crippen molar-refractivity contribution in [3.05, 3.63) is 40.8 Å². The average Bonchev–Trinajstić information content (AvgIpc) is 3.17. The van der Waals surface area contributed by atoms with Crippen molar-refractivity contribution in [3.8, 4) is 5.75 Å². The molecule has 1 aromatic carbocycles. The second-order valence-electron chi connectivity index (χ2n) is 10.2. The van der Waals surface area contributed by atoms with Gasteiger partial charge in [-0.15, -0.1) is 11.3 Å². The van der Waals surface area contributed by atoms with Crippen molar-refractivity contribution in [2.45, 2.75) is 71.1 Å². The lowest BCUT2D eigenvalue weighted by molar-refractivity contribution is 0.0139. The van der Waals surface area contributed by atoms with Crippen molar-refractivity contribution in [2.75, 3.05) is 12.4 Å². The third-order valence-corrected chi connectivity index (χ3v) is 7.47. The highest BCUT2D eigenvalue weighted by molar-refractivity contribution is 7.20. The first kappa shape index (κ1) is 26.6. The molecule has 9 nitrogen and oxygen atoms in total. The van der Waals surface area contributed by atoms with Gasteiger partial charge < -0.3 is 24.8 Å². The molecule has 2 aromatic heterocycles. The van der Waals surface area contributed by atoms with Crippen LogP contribution < -0.4 is 10.1 Å². The first-order valence-electron chi connectivity index (χ1n) is 12.1. The molecule has 0 atom stereocenters. The molecule has 11 heteroatoms. The molecule has 37 heavy (non-hydrogen) atoms. The van der Waals surface area contributed by atoms with Crippen molar-refractivity contribution in [3.63, 3.8) is 0 Å². The Hall–Kier alpha value is -3.47. The fourth-order valence-corrected chi connectivity index (χ4v) is 5.40. The van der Waals surface area contributed by atoms with Crippen LogP contribution in [0.2, 0.25) is 0 Å². The minimum absolute atomic E-state index is 0.0408. The van der Waals surface area contributed by atoms with Crippen molar-refractivity contribution in [1.29, 1.82) is 0 Å². The Labute approximate surface area is 218 Å². The Kier molecular flexibility index (Phi) is 7.54. The summed E-state index contributed by atoms with van der Waals surface area (Å²) in [4.78, 5) is 34.9. The summed E-state index contributed by atoms with van der Waals surface area (Å²) in [7, 11) is 1.75. The summed E-state index contributed by atoms with van der Waals surface area (Å²) in [5.74, 6) is -0.704. The molecule has 1 aliphatic carbocycles. The summed E-state index contributed by atoms with van der Waals surface area (Å²) < 4.78 is 25.9. The molecule has 0 spiro atoms. The number of rotatable bonds is 6. The van der Waals surface area contributed by atoms with Crippen LogP contribution in [-0.2, 0) is 4.74 Å². The second kappa shape index (κ2) is 10.5. The van der Waals surface area contributed by atoms with E-state index in [1.165, 1.54) is 18.5 Å². The van der Waals surface area contributed by atoms with Gasteiger partial charge in [-0.25, -0.2) is 23.9 Å². The topological polar surface area (TPSA) is 114 Å². The predicted molar refractivity (Wildman–Crippen MR) is 139 cm³/mol. The number of carboxylic acid groups (broad SMARTS) is 1.